The van der Waals surface area contributed by atoms with Gasteiger partial charge in [0.2, 0.25) is 5.91 Å². The highest BCUT2D eigenvalue weighted by molar-refractivity contribution is 7.10. The van der Waals surface area contributed by atoms with Crippen LogP contribution in [0.3, 0.4) is 0 Å². The lowest BCUT2D eigenvalue weighted by Crippen LogP contribution is -2.30. The smallest absolute Gasteiger partial charge is 0.248 e. The molecule has 1 aliphatic rings. The van der Waals surface area contributed by atoms with Crippen LogP contribution in [-0.2, 0) is 4.79 Å². The van der Waals surface area contributed by atoms with Crippen molar-refractivity contribution in [3.05, 3.63) is 64.9 Å². The minimum Gasteiger partial charge on any atom is -0.355 e. The summed E-state index contributed by atoms with van der Waals surface area (Å²) in [7, 11) is 0. The van der Waals surface area contributed by atoms with E-state index >= 15 is 0 Å². The Morgan fingerprint density at radius 1 is 1.00 bits per heavy atom. The molecule has 0 saturated carbocycles. The number of nitrogens with one attached hydrogen (secondary N) is 1. The third kappa shape index (κ3) is 4.64. The maximum Gasteiger partial charge on any atom is 0.248 e. The predicted octanol–water partition coefficient (Wildman–Crippen LogP) is 4.85. The number of piperidine rings is 1. The van der Waals surface area contributed by atoms with E-state index in [1.54, 1.807) is 17.4 Å². The predicted molar refractivity (Wildman–Crippen MR) is 116 cm³/mol. The van der Waals surface area contributed by atoms with Crippen LogP contribution in [0.5, 0.6) is 0 Å². The SMILES string of the molecule is O=C(/C=C/c1cccs1)Nc1ccc(-c2ccc(N3CCCCC3)nn2)cc1. The monoisotopic (exact) mass is 390 g/mol. The van der Waals surface area contributed by atoms with Gasteiger partial charge in [-0.3, -0.25) is 4.79 Å². The van der Waals surface area contributed by atoms with Crippen LogP contribution in [0, 0.1) is 0 Å². The zero-order chi connectivity index (χ0) is 19.2. The van der Waals surface area contributed by atoms with Crippen LogP contribution in [0.2, 0.25) is 0 Å². The van der Waals surface area contributed by atoms with E-state index in [0.717, 1.165) is 40.7 Å². The molecule has 0 radical (unpaired) electrons. The fraction of sp³-hybridized carbons (Fsp3) is 0.227. The summed E-state index contributed by atoms with van der Waals surface area (Å²) in [5, 5.41) is 13.6. The van der Waals surface area contributed by atoms with Gasteiger partial charge in [0.1, 0.15) is 0 Å². The Balaban J connectivity index is 1.38. The molecular formula is C22H22N4OS. The van der Waals surface area contributed by atoms with E-state index in [1.165, 1.54) is 19.3 Å². The van der Waals surface area contributed by atoms with Crippen molar-refractivity contribution < 1.29 is 4.79 Å². The largest absolute Gasteiger partial charge is 0.355 e. The van der Waals surface area contributed by atoms with Crippen molar-refractivity contribution in [1.82, 2.24) is 10.2 Å². The van der Waals surface area contributed by atoms with Crippen molar-refractivity contribution in [3.63, 3.8) is 0 Å². The summed E-state index contributed by atoms with van der Waals surface area (Å²) in [4.78, 5) is 15.4. The van der Waals surface area contributed by atoms with Crippen LogP contribution < -0.4 is 10.2 Å². The number of anilines is 2. The zero-order valence-electron chi connectivity index (χ0n) is 15.5. The number of rotatable bonds is 5. The van der Waals surface area contributed by atoms with Crippen LogP contribution in [-0.4, -0.2) is 29.2 Å². The number of benzene rings is 1. The quantitative estimate of drug-likeness (QED) is 0.633. The molecule has 0 aliphatic carbocycles. The van der Waals surface area contributed by atoms with Crippen molar-refractivity contribution in [3.8, 4) is 11.3 Å². The Hall–Kier alpha value is -2.99. The van der Waals surface area contributed by atoms with Crippen LogP contribution in [0.4, 0.5) is 11.5 Å². The van der Waals surface area contributed by atoms with Gasteiger partial charge in [0.25, 0.3) is 0 Å². The maximum atomic E-state index is 12.0. The highest BCUT2D eigenvalue weighted by Crippen LogP contribution is 2.22. The molecule has 0 atom stereocenters. The number of hydrogen-bond acceptors (Lipinski definition) is 5. The van der Waals surface area contributed by atoms with Crippen LogP contribution in [0.1, 0.15) is 24.1 Å². The standard InChI is InChI=1S/C22H22N4OS/c27-22(13-10-19-5-4-16-28-19)23-18-8-6-17(7-9-18)20-11-12-21(25-24-20)26-14-2-1-3-15-26/h4-13,16H,1-3,14-15H2,(H,23,27)/b13-10+. The molecule has 6 heteroatoms. The number of nitrogens with zero attached hydrogens (tertiary/aromatic N) is 3. The number of carbonyl (C=O) groups excluding carboxylic acids is 1. The summed E-state index contributed by atoms with van der Waals surface area (Å²) in [6, 6.07) is 15.6. The lowest BCUT2D eigenvalue weighted by Gasteiger charge is -2.27. The molecule has 0 spiro atoms. The molecule has 1 saturated heterocycles. The molecule has 0 unspecified atom stereocenters. The van der Waals surface area contributed by atoms with Gasteiger partial charge in [-0.1, -0.05) is 18.2 Å². The molecular weight excluding hydrogens is 368 g/mol. The first-order valence-electron chi connectivity index (χ1n) is 9.50. The number of hydrogen-bond donors (Lipinski definition) is 1. The average Bonchev–Trinajstić information content (AvgIpc) is 3.27. The molecule has 0 bridgehead atoms. The molecule has 3 heterocycles. The van der Waals surface area contributed by atoms with E-state index in [-0.39, 0.29) is 5.91 Å². The van der Waals surface area contributed by atoms with Gasteiger partial charge in [0, 0.05) is 35.3 Å². The number of aromatic nitrogens is 2. The Labute approximate surface area is 168 Å². The van der Waals surface area contributed by atoms with E-state index in [0.29, 0.717) is 0 Å². The fourth-order valence-corrected chi connectivity index (χ4v) is 3.84. The second-order valence-electron chi connectivity index (χ2n) is 6.74. The summed E-state index contributed by atoms with van der Waals surface area (Å²) in [6.07, 6.45) is 7.10. The van der Waals surface area contributed by atoms with E-state index in [2.05, 4.69) is 20.4 Å². The molecule has 4 rings (SSSR count). The molecule has 1 fully saturated rings. The van der Waals surface area contributed by atoms with Crippen LogP contribution >= 0.6 is 11.3 Å². The van der Waals surface area contributed by atoms with Crippen LogP contribution in [0.15, 0.2) is 60.0 Å². The average molecular weight is 391 g/mol. The number of amides is 1. The van der Waals surface area contributed by atoms with Gasteiger partial charge in [-0.2, -0.15) is 0 Å². The summed E-state index contributed by atoms with van der Waals surface area (Å²) >= 11 is 1.60. The second kappa shape index (κ2) is 8.80. The Morgan fingerprint density at radius 2 is 1.82 bits per heavy atom. The normalized spacial score (nSPS) is 14.4. The van der Waals surface area contributed by atoms with Gasteiger partial charge in [-0.25, -0.2) is 0 Å². The minimum absolute atomic E-state index is 0.146. The Bertz CT molecular complexity index is 928. The molecule has 1 amide bonds. The van der Waals surface area contributed by atoms with Gasteiger partial charge in [0.05, 0.1) is 5.69 Å². The lowest BCUT2D eigenvalue weighted by molar-refractivity contribution is -0.111. The lowest BCUT2D eigenvalue weighted by atomic mass is 10.1. The second-order valence-corrected chi connectivity index (χ2v) is 7.72. The topological polar surface area (TPSA) is 58.1 Å². The third-order valence-corrected chi connectivity index (χ3v) is 5.56. The molecule has 5 nitrogen and oxygen atoms in total. The highest BCUT2D eigenvalue weighted by Gasteiger charge is 2.12. The Kier molecular flexibility index (Phi) is 5.77. The van der Waals surface area contributed by atoms with E-state index in [1.807, 2.05) is 60.0 Å². The van der Waals surface area contributed by atoms with Gasteiger partial charge in [0.15, 0.2) is 5.82 Å². The maximum absolute atomic E-state index is 12.0. The third-order valence-electron chi connectivity index (χ3n) is 4.72. The molecule has 1 aliphatic heterocycles. The van der Waals surface area contributed by atoms with Gasteiger partial charge in [-0.15, -0.1) is 21.5 Å². The number of carbonyl (C=O) groups is 1. The molecule has 1 N–H and O–H groups in total. The Morgan fingerprint density at radius 3 is 2.50 bits per heavy atom. The van der Waals surface area contributed by atoms with Crippen molar-refractivity contribution in [2.75, 3.05) is 23.3 Å². The van der Waals surface area contributed by atoms with Crippen molar-refractivity contribution in [2.45, 2.75) is 19.3 Å². The molecule has 2 aromatic heterocycles. The first-order chi connectivity index (χ1) is 13.8. The zero-order valence-corrected chi connectivity index (χ0v) is 16.4. The van der Waals surface area contributed by atoms with Crippen LogP contribution in [0.25, 0.3) is 17.3 Å². The molecule has 28 heavy (non-hydrogen) atoms. The first kappa shape index (κ1) is 18.4. The van der Waals surface area contributed by atoms with E-state index in [9.17, 15) is 4.79 Å². The molecule has 3 aromatic rings. The van der Waals surface area contributed by atoms with Crippen molar-refractivity contribution in [2.24, 2.45) is 0 Å². The fourth-order valence-electron chi connectivity index (χ4n) is 3.22. The molecule has 1 aromatic carbocycles. The summed E-state index contributed by atoms with van der Waals surface area (Å²) < 4.78 is 0. The minimum atomic E-state index is -0.146. The van der Waals surface area contributed by atoms with Crippen molar-refractivity contribution in [1.29, 1.82) is 0 Å². The molecule has 142 valence electrons. The summed E-state index contributed by atoms with van der Waals surface area (Å²) in [6.45, 7) is 2.12. The van der Waals surface area contributed by atoms with Gasteiger partial charge < -0.3 is 10.2 Å². The van der Waals surface area contributed by atoms with Gasteiger partial charge in [-0.05, 0) is 61.1 Å². The first-order valence-corrected chi connectivity index (χ1v) is 10.4. The summed E-state index contributed by atoms with van der Waals surface area (Å²) in [5.74, 6) is 0.802. The van der Waals surface area contributed by atoms with E-state index < -0.39 is 0 Å². The van der Waals surface area contributed by atoms with Crippen molar-refractivity contribution >= 4 is 34.8 Å². The van der Waals surface area contributed by atoms with E-state index in [4.69, 9.17) is 0 Å². The summed E-state index contributed by atoms with van der Waals surface area (Å²) in [5.41, 5.74) is 2.56. The highest BCUT2D eigenvalue weighted by atomic mass is 32.1. The van der Waals surface area contributed by atoms with Gasteiger partial charge >= 0.3 is 0 Å². The number of thiophene rings is 1.